The van der Waals surface area contributed by atoms with Gasteiger partial charge in [0.05, 0.1) is 6.04 Å². The zero-order valence-electron chi connectivity index (χ0n) is 10.7. The topological polar surface area (TPSA) is 38.3 Å². The third-order valence-corrected chi connectivity index (χ3v) is 3.70. The molecule has 21 heavy (non-hydrogen) atoms. The summed E-state index contributed by atoms with van der Waals surface area (Å²) in [5.41, 5.74) is 0.200. The second-order valence-electron chi connectivity index (χ2n) is 4.62. The summed E-state index contributed by atoms with van der Waals surface area (Å²) in [6.07, 6.45) is 0. The number of hydrogen-bond acceptors (Lipinski definition) is 2. The predicted octanol–water partition coefficient (Wildman–Crippen LogP) is 3.59. The lowest BCUT2D eigenvalue weighted by molar-refractivity contribution is 0.0921. The lowest BCUT2D eigenvalue weighted by Crippen LogP contribution is -2.30. The van der Waals surface area contributed by atoms with Gasteiger partial charge in [-0.25, -0.2) is 8.78 Å². The van der Waals surface area contributed by atoms with Crippen molar-refractivity contribution >= 4 is 21.8 Å². The van der Waals surface area contributed by atoms with Gasteiger partial charge in [0.15, 0.2) is 0 Å². The van der Waals surface area contributed by atoms with Crippen LogP contribution in [0.3, 0.4) is 0 Å². The summed E-state index contributed by atoms with van der Waals surface area (Å²) in [5.74, 6) is -1.96. The van der Waals surface area contributed by atoms with Crippen LogP contribution in [0.25, 0.3) is 0 Å². The molecule has 1 heterocycles. The minimum absolute atomic E-state index is 0.239. The molecule has 6 heteroatoms. The number of halogens is 3. The van der Waals surface area contributed by atoms with E-state index < -0.39 is 29.1 Å². The number of benzene rings is 2. The van der Waals surface area contributed by atoms with Crippen molar-refractivity contribution in [3.8, 4) is 5.75 Å². The Kier molecular flexibility index (Phi) is 3.63. The van der Waals surface area contributed by atoms with Crippen molar-refractivity contribution in [1.29, 1.82) is 0 Å². The van der Waals surface area contributed by atoms with Crippen LogP contribution in [-0.2, 0) is 0 Å². The first-order valence-corrected chi connectivity index (χ1v) is 7.02. The van der Waals surface area contributed by atoms with Crippen LogP contribution in [0.5, 0.6) is 5.75 Å². The van der Waals surface area contributed by atoms with Crippen LogP contribution in [0.4, 0.5) is 8.78 Å². The molecular formula is C15H10BrF2NO2. The number of carbonyl (C=O) groups excluding carboxylic acids is 1. The molecule has 3 rings (SSSR count). The maximum Gasteiger partial charge on any atom is 0.257 e. The van der Waals surface area contributed by atoms with Crippen LogP contribution in [0.2, 0.25) is 0 Å². The largest absolute Gasteiger partial charge is 0.491 e. The molecule has 2 aromatic rings. The highest BCUT2D eigenvalue weighted by Crippen LogP contribution is 2.32. The fourth-order valence-electron chi connectivity index (χ4n) is 2.27. The molecule has 1 atom stereocenters. The first-order valence-electron chi connectivity index (χ1n) is 6.23. The van der Waals surface area contributed by atoms with E-state index in [4.69, 9.17) is 4.74 Å². The Labute approximate surface area is 128 Å². The molecule has 0 fully saturated rings. The highest BCUT2D eigenvalue weighted by atomic mass is 79.9. The van der Waals surface area contributed by atoms with Crippen LogP contribution < -0.4 is 10.1 Å². The van der Waals surface area contributed by atoms with Gasteiger partial charge in [0.25, 0.3) is 5.91 Å². The number of rotatable bonds is 2. The molecule has 0 saturated heterocycles. The summed E-state index contributed by atoms with van der Waals surface area (Å²) in [7, 11) is 0. The molecular weight excluding hydrogens is 344 g/mol. The zero-order chi connectivity index (χ0) is 15.0. The van der Waals surface area contributed by atoms with Gasteiger partial charge >= 0.3 is 0 Å². The normalized spacial score (nSPS) is 16.2. The molecule has 1 aliphatic rings. The van der Waals surface area contributed by atoms with Crippen LogP contribution in [0.1, 0.15) is 22.0 Å². The standard InChI is InChI=1S/C15H10BrF2NO2/c16-8-5-10(17)14(11(18)6-8)15(20)19-12-7-21-13-4-2-1-3-9(12)13/h1-6,12H,7H2,(H,19,20). The number of carbonyl (C=O) groups is 1. The SMILES string of the molecule is O=C(NC1COc2ccccc21)c1c(F)cc(Br)cc1F. The van der Waals surface area contributed by atoms with E-state index in [1.54, 1.807) is 6.07 Å². The van der Waals surface area contributed by atoms with Crippen LogP contribution >= 0.6 is 15.9 Å². The summed E-state index contributed by atoms with van der Waals surface area (Å²) >= 11 is 2.97. The van der Waals surface area contributed by atoms with Gasteiger partial charge in [-0.05, 0) is 18.2 Å². The van der Waals surface area contributed by atoms with Crippen molar-refractivity contribution in [2.24, 2.45) is 0 Å². The first-order chi connectivity index (χ1) is 10.1. The Bertz CT molecular complexity index is 698. The molecule has 2 aromatic carbocycles. The van der Waals surface area contributed by atoms with Crippen LogP contribution in [0.15, 0.2) is 40.9 Å². The van der Waals surface area contributed by atoms with Gasteiger partial charge in [-0.1, -0.05) is 34.1 Å². The van der Waals surface area contributed by atoms with Gasteiger partial charge in [-0.15, -0.1) is 0 Å². The van der Waals surface area contributed by atoms with E-state index in [0.717, 1.165) is 17.7 Å². The Morgan fingerprint density at radius 3 is 2.62 bits per heavy atom. The molecule has 3 nitrogen and oxygen atoms in total. The van der Waals surface area contributed by atoms with Gasteiger partial charge in [0, 0.05) is 10.0 Å². The molecule has 1 N–H and O–H groups in total. The highest BCUT2D eigenvalue weighted by molar-refractivity contribution is 9.10. The number of hydrogen-bond donors (Lipinski definition) is 1. The predicted molar refractivity (Wildman–Crippen MR) is 76.2 cm³/mol. The van der Waals surface area contributed by atoms with Gasteiger partial charge in [-0.3, -0.25) is 4.79 Å². The van der Waals surface area contributed by atoms with Crippen LogP contribution in [-0.4, -0.2) is 12.5 Å². The molecule has 1 amide bonds. The van der Waals surface area contributed by atoms with Crippen molar-refractivity contribution in [3.63, 3.8) is 0 Å². The highest BCUT2D eigenvalue weighted by Gasteiger charge is 2.27. The monoisotopic (exact) mass is 353 g/mol. The molecule has 0 radical (unpaired) electrons. The number of fused-ring (bicyclic) bond motifs is 1. The summed E-state index contributed by atoms with van der Waals surface area (Å²) < 4.78 is 33.2. The summed E-state index contributed by atoms with van der Waals surface area (Å²) in [6.45, 7) is 0.241. The van der Waals surface area contributed by atoms with E-state index in [9.17, 15) is 13.6 Å². The van der Waals surface area contributed by atoms with Gasteiger partial charge in [0.1, 0.15) is 29.6 Å². The van der Waals surface area contributed by atoms with Crippen molar-refractivity contribution in [1.82, 2.24) is 5.32 Å². The summed E-state index contributed by atoms with van der Waals surface area (Å²) in [5, 5.41) is 2.59. The average Bonchev–Trinajstić information content (AvgIpc) is 2.81. The number of amides is 1. The van der Waals surface area contributed by atoms with Crippen molar-refractivity contribution in [2.45, 2.75) is 6.04 Å². The van der Waals surface area contributed by atoms with E-state index in [1.807, 2.05) is 18.2 Å². The molecule has 1 unspecified atom stereocenters. The number of ether oxygens (including phenoxy) is 1. The number of para-hydroxylation sites is 1. The molecule has 0 aromatic heterocycles. The third kappa shape index (κ3) is 2.63. The fraction of sp³-hybridized carbons (Fsp3) is 0.133. The molecule has 0 aliphatic carbocycles. The maximum absolute atomic E-state index is 13.8. The lowest BCUT2D eigenvalue weighted by Gasteiger charge is -2.13. The van der Waals surface area contributed by atoms with Crippen molar-refractivity contribution in [2.75, 3.05) is 6.61 Å². The van der Waals surface area contributed by atoms with Gasteiger partial charge in [0.2, 0.25) is 0 Å². The zero-order valence-corrected chi connectivity index (χ0v) is 12.3. The molecule has 0 spiro atoms. The minimum Gasteiger partial charge on any atom is -0.491 e. The Morgan fingerprint density at radius 2 is 1.90 bits per heavy atom. The molecule has 1 aliphatic heterocycles. The fourth-order valence-corrected chi connectivity index (χ4v) is 2.67. The molecule has 108 valence electrons. The Morgan fingerprint density at radius 1 is 1.24 bits per heavy atom. The second kappa shape index (κ2) is 5.44. The summed E-state index contributed by atoms with van der Waals surface area (Å²) in [4.78, 5) is 12.1. The summed E-state index contributed by atoms with van der Waals surface area (Å²) in [6, 6.07) is 8.90. The van der Waals surface area contributed by atoms with Gasteiger partial charge in [-0.2, -0.15) is 0 Å². The first kappa shape index (κ1) is 14.0. The quantitative estimate of drug-likeness (QED) is 0.895. The number of nitrogens with one attached hydrogen (secondary N) is 1. The minimum atomic E-state index is -0.911. The van der Waals surface area contributed by atoms with E-state index in [1.165, 1.54) is 0 Å². The van der Waals surface area contributed by atoms with Crippen molar-refractivity contribution < 1.29 is 18.3 Å². The van der Waals surface area contributed by atoms with E-state index in [0.29, 0.717) is 5.75 Å². The van der Waals surface area contributed by atoms with Gasteiger partial charge < -0.3 is 10.1 Å². The average molecular weight is 354 g/mol. The molecule has 0 bridgehead atoms. The van der Waals surface area contributed by atoms with Crippen LogP contribution in [0, 0.1) is 11.6 Å². The maximum atomic E-state index is 13.8. The smallest absolute Gasteiger partial charge is 0.257 e. The van der Waals surface area contributed by atoms with E-state index >= 15 is 0 Å². The Balaban J connectivity index is 1.86. The molecule has 0 saturated carbocycles. The Hall–Kier alpha value is -1.95. The third-order valence-electron chi connectivity index (χ3n) is 3.24. The second-order valence-corrected chi connectivity index (χ2v) is 5.53. The van der Waals surface area contributed by atoms with E-state index in [2.05, 4.69) is 21.2 Å². The lowest BCUT2D eigenvalue weighted by atomic mass is 10.1. The van der Waals surface area contributed by atoms with E-state index in [-0.39, 0.29) is 11.1 Å². The van der Waals surface area contributed by atoms with Crippen molar-refractivity contribution in [3.05, 3.63) is 63.6 Å².